The van der Waals surface area contributed by atoms with Gasteiger partial charge in [-0.15, -0.1) is 0 Å². The van der Waals surface area contributed by atoms with Gasteiger partial charge in [0.05, 0.1) is 16.6 Å². The van der Waals surface area contributed by atoms with Gasteiger partial charge < -0.3 is 4.74 Å². The number of nitrogens with zero attached hydrogens (tertiary/aromatic N) is 4. The molecule has 21 heavy (non-hydrogen) atoms. The lowest BCUT2D eigenvalue weighted by Crippen LogP contribution is -2.04. The van der Waals surface area contributed by atoms with E-state index >= 15 is 0 Å². The number of hydrogen-bond acceptors (Lipinski definition) is 6. The van der Waals surface area contributed by atoms with E-state index in [9.17, 15) is 10.1 Å². The van der Waals surface area contributed by atoms with Crippen molar-refractivity contribution in [1.29, 1.82) is 5.26 Å². The summed E-state index contributed by atoms with van der Waals surface area (Å²) in [4.78, 5) is 18.4. The summed E-state index contributed by atoms with van der Waals surface area (Å²) in [5.74, 6) is 0.360. The number of nitro groups is 1. The molecule has 1 heterocycles. The molecule has 1 aromatic heterocycles. The normalized spacial score (nSPS) is 9.95. The Bertz CT molecular complexity index is 722. The van der Waals surface area contributed by atoms with Crippen LogP contribution in [0.1, 0.15) is 17.1 Å². The van der Waals surface area contributed by atoms with Crippen LogP contribution in [0.5, 0.6) is 5.75 Å². The van der Waals surface area contributed by atoms with Gasteiger partial charge in [0.15, 0.2) is 11.6 Å². The molecule has 0 saturated carbocycles. The van der Waals surface area contributed by atoms with Gasteiger partial charge in [-0.2, -0.15) is 5.26 Å². The van der Waals surface area contributed by atoms with Crippen molar-refractivity contribution in [3.05, 3.63) is 56.6 Å². The quantitative estimate of drug-likeness (QED) is 0.489. The van der Waals surface area contributed by atoms with Gasteiger partial charge in [0, 0.05) is 11.8 Å². The molecule has 7 nitrogen and oxygen atoms in total. The van der Waals surface area contributed by atoms with Crippen LogP contribution in [-0.2, 0) is 6.61 Å². The molecule has 0 unspecified atom stereocenters. The maximum absolute atomic E-state index is 11.0. The summed E-state index contributed by atoms with van der Waals surface area (Å²) in [6, 6.07) is 7.39. The highest BCUT2D eigenvalue weighted by atomic mass is 35.5. The molecule has 0 fully saturated rings. The fraction of sp³-hybridized carbons (Fsp3) is 0.154. The maximum atomic E-state index is 11.0. The lowest BCUT2D eigenvalue weighted by Gasteiger charge is -2.07. The van der Waals surface area contributed by atoms with E-state index in [-0.39, 0.29) is 28.8 Å². The van der Waals surface area contributed by atoms with E-state index in [4.69, 9.17) is 21.6 Å². The largest absolute Gasteiger partial charge is 0.479 e. The Morgan fingerprint density at radius 3 is 2.81 bits per heavy atom. The molecule has 106 valence electrons. The lowest BCUT2D eigenvalue weighted by molar-refractivity contribution is -0.386. The molecule has 2 rings (SSSR count). The van der Waals surface area contributed by atoms with Crippen LogP contribution in [0.2, 0.25) is 5.15 Å². The van der Waals surface area contributed by atoms with E-state index in [1.165, 1.54) is 12.1 Å². The van der Waals surface area contributed by atoms with Crippen molar-refractivity contribution in [1.82, 2.24) is 9.97 Å². The molecule has 0 atom stereocenters. The number of nitriles is 1. The smallest absolute Gasteiger partial charge is 0.312 e. The van der Waals surface area contributed by atoms with Crippen LogP contribution in [0, 0.1) is 28.4 Å². The van der Waals surface area contributed by atoms with Gasteiger partial charge in [0.2, 0.25) is 0 Å². The van der Waals surface area contributed by atoms with Crippen molar-refractivity contribution in [3.8, 4) is 11.8 Å². The third-order valence-electron chi connectivity index (χ3n) is 2.51. The average molecular weight is 305 g/mol. The zero-order valence-corrected chi connectivity index (χ0v) is 11.7. The Hall–Kier alpha value is -2.72. The van der Waals surface area contributed by atoms with Crippen LogP contribution in [0.25, 0.3) is 0 Å². The minimum absolute atomic E-state index is 0.0419. The first-order chi connectivity index (χ1) is 9.99. The SMILES string of the molecule is Cc1cc(Cl)nc(COc2ccc(C#N)cc2[N+](=O)[O-])n1. The summed E-state index contributed by atoms with van der Waals surface area (Å²) in [5.41, 5.74) is 0.569. The molecule has 0 aliphatic carbocycles. The third-order valence-corrected chi connectivity index (χ3v) is 2.70. The predicted molar refractivity (Wildman–Crippen MR) is 73.9 cm³/mol. The highest BCUT2D eigenvalue weighted by molar-refractivity contribution is 6.29. The molecule has 2 aromatic rings. The maximum Gasteiger partial charge on any atom is 0.312 e. The third kappa shape index (κ3) is 3.64. The molecule has 1 aromatic carbocycles. The van der Waals surface area contributed by atoms with Crippen molar-refractivity contribution < 1.29 is 9.66 Å². The fourth-order valence-corrected chi connectivity index (χ4v) is 1.90. The van der Waals surface area contributed by atoms with E-state index in [1.807, 2.05) is 6.07 Å². The summed E-state index contributed by atoms with van der Waals surface area (Å²) in [7, 11) is 0. The average Bonchev–Trinajstić information content (AvgIpc) is 2.43. The first kappa shape index (κ1) is 14.7. The van der Waals surface area contributed by atoms with Crippen LogP contribution in [0.4, 0.5) is 5.69 Å². The highest BCUT2D eigenvalue weighted by Gasteiger charge is 2.16. The Morgan fingerprint density at radius 1 is 1.43 bits per heavy atom. The van der Waals surface area contributed by atoms with Crippen molar-refractivity contribution in [2.75, 3.05) is 0 Å². The Kier molecular flexibility index (Phi) is 4.30. The highest BCUT2D eigenvalue weighted by Crippen LogP contribution is 2.28. The molecule has 0 spiro atoms. The Morgan fingerprint density at radius 2 is 2.19 bits per heavy atom. The van der Waals surface area contributed by atoms with Gasteiger partial charge in [-0.05, 0) is 25.1 Å². The van der Waals surface area contributed by atoms with E-state index in [2.05, 4.69) is 9.97 Å². The zero-order chi connectivity index (χ0) is 15.4. The van der Waals surface area contributed by atoms with Crippen LogP contribution < -0.4 is 4.74 Å². The van der Waals surface area contributed by atoms with Crippen molar-refractivity contribution >= 4 is 17.3 Å². The second-order valence-corrected chi connectivity index (χ2v) is 4.48. The molecular weight excluding hydrogens is 296 g/mol. The topological polar surface area (TPSA) is 102 Å². The number of aryl methyl sites for hydroxylation is 1. The van der Waals surface area contributed by atoms with Crippen LogP contribution in [0.3, 0.4) is 0 Å². The van der Waals surface area contributed by atoms with E-state index in [0.29, 0.717) is 11.5 Å². The molecule has 0 aliphatic rings. The minimum Gasteiger partial charge on any atom is -0.479 e. The molecular formula is C13H9ClN4O3. The monoisotopic (exact) mass is 304 g/mol. The van der Waals surface area contributed by atoms with Gasteiger partial charge >= 0.3 is 5.69 Å². The molecule has 0 saturated heterocycles. The van der Waals surface area contributed by atoms with Gasteiger partial charge in [-0.25, -0.2) is 9.97 Å². The number of rotatable bonds is 4. The number of hydrogen-bond donors (Lipinski definition) is 0. The Balaban J connectivity index is 2.23. The van der Waals surface area contributed by atoms with Gasteiger partial charge in [-0.3, -0.25) is 10.1 Å². The van der Waals surface area contributed by atoms with E-state index in [0.717, 1.165) is 6.07 Å². The second-order valence-electron chi connectivity index (χ2n) is 4.09. The standard InChI is InChI=1S/C13H9ClN4O3/c1-8-4-12(14)17-13(16-8)7-21-11-3-2-9(6-15)5-10(11)18(19)20/h2-5H,7H2,1H3. The molecule has 0 bridgehead atoms. The molecule has 8 heteroatoms. The lowest BCUT2D eigenvalue weighted by atomic mass is 10.2. The summed E-state index contributed by atoms with van der Waals surface area (Å²) in [5, 5.41) is 20.0. The second kappa shape index (κ2) is 6.15. The number of nitro benzene ring substituents is 1. The summed E-state index contributed by atoms with van der Waals surface area (Å²) in [6.45, 7) is 1.69. The van der Waals surface area contributed by atoms with Crippen molar-refractivity contribution in [2.45, 2.75) is 13.5 Å². The van der Waals surface area contributed by atoms with E-state index in [1.54, 1.807) is 13.0 Å². The van der Waals surface area contributed by atoms with Gasteiger partial charge in [0.1, 0.15) is 11.8 Å². The first-order valence-corrected chi connectivity index (χ1v) is 6.19. The van der Waals surface area contributed by atoms with Crippen molar-refractivity contribution in [2.24, 2.45) is 0 Å². The van der Waals surface area contributed by atoms with Crippen molar-refractivity contribution in [3.63, 3.8) is 0 Å². The van der Waals surface area contributed by atoms with Crippen LogP contribution in [0.15, 0.2) is 24.3 Å². The number of ether oxygens (including phenoxy) is 1. The molecule has 0 amide bonds. The van der Waals surface area contributed by atoms with Crippen LogP contribution >= 0.6 is 11.6 Å². The fourth-order valence-electron chi connectivity index (χ4n) is 1.65. The Labute approximate surface area is 124 Å². The zero-order valence-electron chi connectivity index (χ0n) is 10.9. The molecule has 0 N–H and O–H groups in total. The van der Waals surface area contributed by atoms with Crippen LogP contribution in [-0.4, -0.2) is 14.9 Å². The van der Waals surface area contributed by atoms with Gasteiger partial charge in [0.25, 0.3) is 0 Å². The molecule has 0 radical (unpaired) electrons. The summed E-state index contributed by atoms with van der Waals surface area (Å²) in [6.07, 6.45) is 0. The molecule has 0 aliphatic heterocycles. The number of aromatic nitrogens is 2. The summed E-state index contributed by atoms with van der Waals surface area (Å²) >= 11 is 5.80. The predicted octanol–water partition coefficient (Wildman–Crippen LogP) is 2.80. The minimum atomic E-state index is -0.611. The number of halogens is 1. The van der Waals surface area contributed by atoms with E-state index < -0.39 is 4.92 Å². The number of benzene rings is 1. The first-order valence-electron chi connectivity index (χ1n) is 5.81. The van der Waals surface area contributed by atoms with Gasteiger partial charge in [-0.1, -0.05) is 11.6 Å². The summed E-state index contributed by atoms with van der Waals surface area (Å²) < 4.78 is 5.36.